The molecule has 1 aliphatic heterocycles. The van der Waals surface area contributed by atoms with Crippen molar-refractivity contribution in [2.45, 2.75) is 43.0 Å². The van der Waals surface area contributed by atoms with Gasteiger partial charge in [0.1, 0.15) is 0 Å². The van der Waals surface area contributed by atoms with Gasteiger partial charge in [-0.3, -0.25) is 4.79 Å². The molecule has 9 heteroatoms. The number of piperazine rings is 1. The topological polar surface area (TPSA) is 79.4 Å². The summed E-state index contributed by atoms with van der Waals surface area (Å²) < 4.78 is 39.6. The Kier molecular flexibility index (Phi) is 8.18. The zero-order chi connectivity index (χ0) is 24.8. The number of carbonyl (C=O) groups excluding carboxylic acids is 1. The van der Waals surface area contributed by atoms with Crippen molar-refractivity contribution in [1.29, 1.82) is 0 Å². The van der Waals surface area contributed by atoms with E-state index >= 15 is 0 Å². The molecule has 190 valence electrons. The SMILES string of the molecule is COc1ccc(S(=O)(=O)N(CC(=O)N2CCN(c3ccccc3)CC2)C2CCCCC2)cc1OC. The molecule has 8 nitrogen and oxygen atoms in total. The summed E-state index contributed by atoms with van der Waals surface area (Å²) in [6, 6.07) is 14.6. The van der Waals surface area contributed by atoms with E-state index in [9.17, 15) is 13.2 Å². The maximum Gasteiger partial charge on any atom is 0.243 e. The first-order valence-electron chi connectivity index (χ1n) is 12.3. The van der Waals surface area contributed by atoms with Gasteiger partial charge in [0.15, 0.2) is 11.5 Å². The molecule has 0 radical (unpaired) electrons. The normalized spacial score (nSPS) is 17.5. The molecule has 0 spiro atoms. The summed E-state index contributed by atoms with van der Waals surface area (Å²) >= 11 is 0. The van der Waals surface area contributed by atoms with Crippen LogP contribution in [0.1, 0.15) is 32.1 Å². The Morgan fingerprint density at radius 2 is 1.57 bits per heavy atom. The summed E-state index contributed by atoms with van der Waals surface area (Å²) in [4.78, 5) is 17.5. The van der Waals surface area contributed by atoms with Crippen LogP contribution in [0.3, 0.4) is 0 Å². The van der Waals surface area contributed by atoms with Crippen LogP contribution in [0.4, 0.5) is 5.69 Å². The molecule has 4 rings (SSSR count). The lowest BCUT2D eigenvalue weighted by Crippen LogP contribution is -2.53. The van der Waals surface area contributed by atoms with Gasteiger partial charge < -0.3 is 19.3 Å². The first-order chi connectivity index (χ1) is 16.9. The zero-order valence-corrected chi connectivity index (χ0v) is 21.4. The predicted octanol–water partition coefficient (Wildman–Crippen LogP) is 3.38. The number of carbonyl (C=O) groups is 1. The Morgan fingerprint density at radius 3 is 2.20 bits per heavy atom. The van der Waals surface area contributed by atoms with E-state index in [1.807, 2.05) is 18.2 Å². The van der Waals surface area contributed by atoms with Gasteiger partial charge in [-0.25, -0.2) is 8.42 Å². The van der Waals surface area contributed by atoms with E-state index in [4.69, 9.17) is 9.47 Å². The lowest BCUT2D eigenvalue weighted by molar-refractivity contribution is -0.132. The number of methoxy groups -OCH3 is 2. The van der Waals surface area contributed by atoms with E-state index in [-0.39, 0.29) is 23.4 Å². The van der Waals surface area contributed by atoms with Gasteiger partial charge in [-0.15, -0.1) is 0 Å². The maximum atomic E-state index is 13.8. The molecular formula is C26H35N3O5S. The quantitative estimate of drug-likeness (QED) is 0.552. The van der Waals surface area contributed by atoms with Crippen LogP contribution in [0, 0.1) is 0 Å². The van der Waals surface area contributed by atoms with E-state index in [0.29, 0.717) is 24.6 Å². The van der Waals surface area contributed by atoms with E-state index in [0.717, 1.165) is 50.9 Å². The molecule has 0 bridgehead atoms. The minimum absolute atomic E-state index is 0.113. The molecule has 2 aromatic rings. The summed E-state index contributed by atoms with van der Waals surface area (Å²) in [6.45, 7) is 2.45. The van der Waals surface area contributed by atoms with E-state index in [1.54, 1.807) is 11.0 Å². The molecule has 2 aromatic carbocycles. The Balaban J connectivity index is 1.52. The first-order valence-corrected chi connectivity index (χ1v) is 13.7. The van der Waals surface area contributed by atoms with Crippen molar-refractivity contribution in [3.05, 3.63) is 48.5 Å². The van der Waals surface area contributed by atoms with Crippen LogP contribution in [0.15, 0.2) is 53.4 Å². The molecule has 2 fully saturated rings. The predicted molar refractivity (Wildman–Crippen MR) is 136 cm³/mol. The maximum absolute atomic E-state index is 13.8. The second-order valence-corrected chi connectivity index (χ2v) is 11.0. The van der Waals surface area contributed by atoms with Crippen molar-refractivity contribution in [2.24, 2.45) is 0 Å². The zero-order valence-electron chi connectivity index (χ0n) is 20.6. The van der Waals surface area contributed by atoms with Crippen LogP contribution < -0.4 is 14.4 Å². The minimum atomic E-state index is -3.91. The monoisotopic (exact) mass is 501 g/mol. The van der Waals surface area contributed by atoms with Crippen LogP contribution in [0.25, 0.3) is 0 Å². The van der Waals surface area contributed by atoms with Crippen LogP contribution in [-0.2, 0) is 14.8 Å². The van der Waals surface area contributed by atoms with Crippen molar-refractivity contribution >= 4 is 21.6 Å². The average Bonchev–Trinajstić information content (AvgIpc) is 2.92. The smallest absolute Gasteiger partial charge is 0.243 e. The van der Waals surface area contributed by atoms with Gasteiger partial charge in [-0.2, -0.15) is 4.31 Å². The molecule has 35 heavy (non-hydrogen) atoms. The third kappa shape index (κ3) is 5.73. The molecule has 2 aliphatic rings. The molecule has 0 aromatic heterocycles. The Labute approximate surface area is 208 Å². The summed E-state index contributed by atoms with van der Waals surface area (Å²) in [7, 11) is -0.917. The van der Waals surface area contributed by atoms with E-state index in [2.05, 4.69) is 17.0 Å². The fraction of sp³-hybridized carbons (Fsp3) is 0.500. The lowest BCUT2D eigenvalue weighted by atomic mass is 9.95. The fourth-order valence-corrected chi connectivity index (χ4v) is 6.63. The number of rotatable bonds is 8. The van der Waals surface area contributed by atoms with Crippen LogP contribution in [-0.4, -0.2) is 76.5 Å². The van der Waals surface area contributed by atoms with Crippen LogP contribution >= 0.6 is 0 Å². The van der Waals surface area contributed by atoms with Gasteiger partial charge in [0.25, 0.3) is 0 Å². The molecular weight excluding hydrogens is 466 g/mol. The van der Waals surface area contributed by atoms with E-state index < -0.39 is 10.0 Å². The molecule has 0 unspecified atom stereocenters. The van der Waals surface area contributed by atoms with Gasteiger partial charge in [-0.05, 0) is 37.1 Å². The lowest BCUT2D eigenvalue weighted by Gasteiger charge is -2.38. The first kappa shape index (κ1) is 25.3. The highest BCUT2D eigenvalue weighted by Gasteiger charge is 2.36. The average molecular weight is 502 g/mol. The van der Waals surface area contributed by atoms with Gasteiger partial charge in [0.05, 0.1) is 25.7 Å². The molecule has 1 amide bonds. The summed E-state index contributed by atoms with van der Waals surface area (Å²) in [5.74, 6) is 0.663. The number of nitrogens with zero attached hydrogens (tertiary/aromatic N) is 3. The highest BCUT2D eigenvalue weighted by molar-refractivity contribution is 7.89. The Bertz CT molecular complexity index is 1100. The highest BCUT2D eigenvalue weighted by Crippen LogP contribution is 2.33. The third-order valence-electron chi connectivity index (χ3n) is 6.99. The van der Waals surface area contributed by atoms with Gasteiger partial charge >= 0.3 is 0 Å². The number of amides is 1. The van der Waals surface area contributed by atoms with E-state index in [1.165, 1.54) is 30.7 Å². The number of benzene rings is 2. The molecule has 1 saturated heterocycles. The standard InChI is InChI=1S/C26H35N3O5S/c1-33-24-14-13-23(19-25(24)34-2)35(31,32)29(22-11-7-4-8-12-22)20-26(30)28-17-15-27(16-18-28)21-9-5-3-6-10-21/h3,5-6,9-10,13-14,19,22H,4,7-8,11-12,15-18,20H2,1-2H3. The molecule has 0 atom stereocenters. The summed E-state index contributed by atoms with van der Waals surface area (Å²) in [6.07, 6.45) is 4.55. The second kappa shape index (κ2) is 11.3. The van der Waals surface area contributed by atoms with Crippen LogP contribution in [0.5, 0.6) is 11.5 Å². The number of hydrogen-bond acceptors (Lipinski definition) is 6. The van der Waals surface area contributed by atoms with Crippen molar-refractivity contribution in [3.8, 4) is 11.5 Å². The van der Waals surface area contributed by atoms with Gasteiger partial charge in [-0.1, -0.05) is 37.5 Å². The third-order valence-corrected chi connectivity index (χ3v) is 8.88. The summed E-state index contributed by atoms with van der Waals surface area (Å²) in [5.41, 5.74) is 1.14. The largest absolute Gasteiger partial charge is 0.493 e. The van der Waals surface area contributed by atoms with Crippen molar-refractivity contribution in [3.63, 3.8) is 0 Å². The molecule has 1 saturated carbocycles. The number of ether oxygens (including phenoxy) is 2. The molecule has 1 aliphatic carbocycles. The van der Waals surface area contributed by atoms with Crippen LogP contribution in [0.2, 0.25) is 0 Å². The fourth-order valence-electron chi connectivity index (χ4n) is 4.98. The van der Waals surface area contributed by atoms with Crippen molar-refractivity contribution in [1.82, 2.24) is 9.21 Å². The number of sulfonamides is 1. The number of para-hydroxylation sites is 1. The van der Waals surface area contributed by atoms with Crippen molar-refractivity contribution in [2.75, 3.05) is 51.8 Å². The van der Waals surface area contributed by atoms with Gasteiger partial charge in [0, 0.05) is 44.0 Å². The molecule has 0 N–H and O–H groups in total. The Hall–Kier alpha value is -2.78. The summed E-state index contributed by atoms with van der Waals surface area (Å²) in [5, 5.41) is 0. The number of anilines is 1. The second-order valence-electron chi connectivity index (χ2n) is 9.06. The Morgan fingerprint density at radius 1 is 0.914 bits per heavy atom. The number of hydrogen-bond donors (Lipinski definition) is 0. The van der Waals surface area contributed by atoms with Crippen molar-refractivity contribution < 1.29 is 22.7 Å². The minimum Gasteiger partial charge on any atom is -0.493 e. The van der Waals surface area contributed by atoms with Gasteiger partial charge in [0.2, 0.25) is 15.9 Å². The highest BCUT2D eigenvalue weighted by atomic mass is 32.2. The molecule has 1 heterocycles.